The first-order chi connectivity index (χ1) is 10.7. The number of nitrogens with zero attached hydrogens (tertiary/aromatic N) is 2. The number of rotatable bonds is 5. The number of nitro groups is 1. The third-order valence-corrected chi connectivity index (χ3v) is 3.57. The fourth-order valence-corrected chi connectivity index (χ4v) is 2.64. The summed E-state index contributed by atoms with van der Waals surface area (Å²) in [7, 11) is 0. The number of carbonyl (C=O) groups excluding carboxylic acids is 3. The van der Waals surface area contributed by atoms with Gasteiger partial charge in [-0.1, -0.05) is 12.1 Å². The minimum absolute atomic E-state index is 0.167. The maximum atomic E-state index is 12.0. The SMILES string of the molecule is CC(=O)C1C(=O)C(=O)N(CC(=O)O)C1c1cccc([N+](=O)[O-])c1. The number of amides is 1. The second-order valence-electron chi connectivity index (χ2n) is 5.08. The van der Waals surface area contributed by atoms with Gasteiger partial charge in [0.2, 0.25) is 5.78 Å². The third kappa shape index (κ3) is 2.93. The Balaban J connectivity index is 2.56. The minimum atomic E-state index is -1.37. The van der Waals surface area contributed by atoms with E-state index in [4.69, 9.17) is 5.11 Å². The van der Waals surface area contributed by atoms with Gasteiger partial charge >= 0.3 is 5.97 Å². The number of carboxylic acid groups (broad SMARTS) is 1. The van der Waals surface area contributed by atoms with Crippen molar-refractivity contribution in [3.05, 3.63) is 39.9 Å². The van der Waals surface area contributed by atoms with Gasteiger partial charge < -0.3 is 10.0 Å². The Morgan fingerprint density at radius 1 is 1.35 bits per heavy atom. The summed E-state index contributed by atoms with van der Waals surface area (Å²) < 4.78 is 0. The number of hydrogen-bond donors (Lipinski definition) is 1. The van der Waals surface area contributed by atoms with Crippen molar-refractivity contribution in [1.82, 2.24) is 4.90 Å². The summed E-state index contributed by atoms with van der Waals surface area (Å²) in [5.74, 6) is -5.42. The van der Waals surface area contributed by atoms with Crippen LogP contribution in [0.2, 0.25) is 0 Å². The molecular weight excluding hydrogens is 308 g/mol. The molecule has 1 saturated heterocycles. The van der Waals surface area contributed by atoms with Gasteiger partial charge in [-0.25, -0.2) is 0 Å². The molecule has 1 aliphatic rings. The Labute approximate surface area is 129 Å². The van der Waals surface area contributed by atoms with Gasteiger partial charge in [0.15, 0.2) is 0 Å². The van der Waals surface area contributed by atoms with Gasteiger partial charge in [0.25, 0.3) is 11.6 Å². The van der Waals surface area contributed by atoms with Gasteiger partial charge in [-0.2, -0.15) is 0 Å². The standard InChI is InChI=1S/C14H12N2O7/c1-7(17)11-12(8-3-2-4-9(5-8)16(22)23)15(6-10(18)19)14(21)13(11)20/h2-5,11-12H,6H2,1H3,(H,18,19). The van der Waals surface area contributed by atoms with Crippen LogP contribution in [-0.4, -0.2) is 44.9 Å². The highest BCUT2D eigenvalue weighted by Gasteiger charge is 2.51. The molecule has 1 aliphatic heterocycles. The van der Waals surface area contributed by atoms with Crippen molar-refractivity contribution in [3.8, 4) is 0 Å². The molecule has 0 spiro atoms. The monoisotopic (exact) mass is 320 g/mol. The summed E-state index contributed by atoms with van der Waals surface area (Å²) in [4.78, 5) is 57.6. The summed E-state index contributed by atoms with van der Waals surface area (Å²) in [5, 5.41) is 19.8. The number of ketones is 2. The smallest absolute Gasteiger partial charge is 0.323 e. The summed E-state index contributed by atoms with van der Waals surface area (Å²) in [6.07, 6.45) is 0. The van der Waals surface area contributed by atoms with Gasteiger partial charge in [-0.3, -0.25) is 29.3 Å². The molecule has 23 heavy (non-hydrogen) atoms. The Bertz CT molecular complexity index is 728. The lowest BCUT2D eigenvalue weighted by Gasteiger charge is -2.25. The Morgan fingerprint density at radius 2 is 2.00 bits per heavy atom. The molecule has 0 aromatic heterocycles. The molecule has 2 unspecified atom stereocenters. The Morgan fingerprint density at radius 3 is 2.52 bits per heavy atom. The molecule has 1 aromatic rings. The second-order valence-corrected chi connectivity index (χ2v) is 5.08. The van der Waals surface area contributed by atoms with Gasteiger partial charge in [0.05, 0.1) is 11.0 Å². The molecular formula is C14H12N2O7. The molecule has 0 bridgehead atoms. The van der Waals surface area contributed by atoms with Gasteiger partial charge in [0, 0.05) is 12.1 Å². The van der Waals surface area contributed by atoms with Gasteiger partial charge in [-0.05, 0) is 12.5 Å². The number of non-ortho nitro benzene ring substituents is 1. The van der Waals surface area contributed by atoms with Crippen LogP contribution in [0.25, 0.3) is 0 Å². The van der Waals surface area contributed by atoms with Gasteiger partial charge in [-0.15, -0.1) is 0 Å². The maximum Gasteiger partial charge on any atom is 0.323 e. The number of benzene rings is 1. The van der Waals surface area contributed by atoms with E-state index in [1.165, 1.54) is 18.2 Å². The van der Waals surface area contributed by atoms with Crippen molar-refractivity contribution < 1.29 is 29.2 Å². The minimum Gasteiger partial charge on any atom is -0.480 e. The predicted molar refractivity (Wildman–Crippen MR) is 74.4 cm³/mol. The van der Waals surface area contributed by atoms with Crippen LogP contribution in [0.1, 0.15) is 18.5 Å². The van der Waals surface area contributed by atoms with Crippen LogP contribution in [0.4, 0.5) is 5.69 Å². The number of likely N-dealkylation sites (tertiary alicyclic amines) is 1. The Kier molecular flexibility index (Phi) is 4.21. The number of carbonyl (C=O) groups is 4. The average molecular weight is 320 g/mol. The van der Waals surface area contributed by atoms with E-state index < -0.39 is 46.9 Å². The average Bonchev–Trinajstić information content (AvgIpc) is 2.71. The van der Waals surface area contributed by atoms with Crippen LogP contribution >= 0.6 is 0 Å². The van der Waals surface area contributed by atoms with Crippen molar-refractivity contribution in [2.75, 3.05) is 6.54 Å². The van der Waals surface area contributed by atoms with Crippen LogP contribution in [0, 0.1) is 16.0 Å². The zero-order valence-electron chi connectivity index (χ0n) is 12.0. The molecule has 0 aliphatic carbocycles. The third-order valence-electron chi connectivity index (χ3n) is 3.57. The topological polar surface area (TPSA) is 135 Å². The summed E-state index contributed by atoms with van der Waals surface area (Å²) in [6.45, 7) is 0.339. The lowest BCUT2D eigenvalue weighted by atomic mass is 9.90. The van der Waals surface area contributed by atoms with Crippen LogP contribution in [-0.2, 0) is 19.2 Å². The van der Waals surface area contributed by atoms with Crippen LogP contribution in [0.15, 0.2) is 24.3 Å². The number of hydrogen-bond acceptors (Lipinski definition) is 6. The van der Waals surface area contributed by atoms with Crippen LogP contribution in [0.5, 0.6) is 0 Å². The summed E-state index contributed by atoms with van der Waals surface area (Å²) >= 11 is 0. The fourth-order valence-electron chi connectivity index (χ4n) is 2.64. The van der Waals surface area contributed by atoms with E-state index in [0.29, 0.717) is 0 Å². The maximum absolute atomic E-state index is 12.0. The second kappa shape index (κ2) is 5.95. The van der Waals surface area contributed by atoms with Crippen molar-refractivity contribution >= 4 is 29.1 Å². The van der Waals surface area contributed by atoms with E-state index in [1.807, 2.05) is 0 Å². The van der Waals surface area contributed by atoms with Crippen molar-refractivity contribution in [3.63, 3.8) is 0 Å². The predicted octanol–water partition coefficient (Wildman–Crippen LogP) is 0.337. The first-order valence-corrected chi connectivity index (χ1v) is 6.55. The zero-order valence-corrected chi connectivity index (χ0v) is 12.0. The summed E-state index contributed by atoms with van der Waals surface area (Å²) in [6, 6.07) is 3.93. The molecule has 1 aromatic carbocycles. The van der Waals surface area contributed by atoms with Crippen molar-refractivity contribution in [1.29, 1.82) is 0 Å². The number of Topliss-reactive ketones (excluding diaryl/α,β-unsaturated/α-hetero) is 2. The lowest BCUT2D eigenvalue weighted by molar-refractivity contribution is -0.385. The first kappa shape index (κ1) is 16.3. The molecule has 9 heteroatoms. The highest BCUT2D eigenvalue weighted by Crippen LogP contribution is 2.37. The molecule has 120 valence electrons. The molecule has 9 nitrogen and oxygen atoms in total. The van der Waals surface area contributed by atoms with E-state index >= 15 is 0 Å². The van der Waals surface area contributed by atoms with E-state index in [-0.39, 0.29) is 11.3 Å². The molecule has 1 heterocycles. The molecule has 1 amide bonds. The molecule has 2 atom stereocenters. The molecule has 0 saturated carbocycles. The van der Waals surface area contributed by atoms with E-state index in [2.05, 4.69) is 0 Å². The fraction of sp³-hybridized carbons (Fsp3) is 0.286. The summed E-state index contributed by atoms with van der Waals surface area (Å²) in [5.41, 5.74) is -0.119. The van der Waals surface area contributed by atoms with E-state index in [0.717, 1.165) is 17.9 Å². The number of aliphatic carboxylic acids is 1. The van der Waals surface area contributed by atoms with Gasteiger partial charge in [0.1, 0.15) is 18.2 Å². The molecule has 0 radical (unpaired) electrons. The molecule has 1 fully saturated rings. The van der Waals surface area contributed by atoms with Crippen molar-refractivity contribution in [2.24, 2.45) is 5.92 Å². The lowest BCUT2D eigenvalue weighted by Crippen LogP contribution is -2.35. The number of nitro benzene ring substituents is 1. The molecule has 2 rings (SSSR count). The van der Waals surface area contributed by atoms with Crippen LogP contribution < -0.4 is 0 Å². The van der Waals surface area contributed by atoms with Crippen molar-refractivity contribution in [2.45, 2.75) is 13.0 Å². The molecule has 1 N–H and O–H groups in total. The van der Waals surface area contributed by atoms with E-state index in [9.17, 15) is 29.3 Å². The van der Waals surface area contributed by atoms with E-state index in [1.54, 1.807) is 0 Å². The number of carboxylic acids is 1. The largest absolute Gasteiger partial charge is 0.480 e. The first-order valence-electron chi connectivity index (χ1n) is 6.55. The zero-order chi connectivity index (χ0) is 17.3. The normalized spacial score (nSPS) is 20.7. The van der Waals surface area contributed by atoms with Crippen LogP contribution in [0.3, 0.4) is 0 Å². The quantitative estimate of drug-likeness (QED) is 0.357. The Hall–Kier alpha value is -3.10. The highest BCUT2D eigenvalue weighted by atomic mass is 16.6. The highest BCUT2D eigenvalue weighted by molar-refractivity contribution is 6.43.